The van der Waals surface area contributed by atoms with Gasteiger partial charge in [0.15, 0.2) is 6.10 Å². The molecule has 90 heavy (non-hydrogen) atoms. The standard InChI is InChI=1S/C80H130NO8P/c1-6-8-10-12-14-16-18-20-22-24-26-28-30-32-34-35-36-37-38-39-40-41-42-43-44-45-47-48-50-52-54-56-58-60-62-64-66-68-70-72-79(82)86-76-78(77-88-90(84,85)87-75-74-81(3,4)5)89-80(83)73-71-69-67-65-63-61-59-57-55-53-51-49-46-33-31-29-27-25-23-21-19-17-15-13-11-9-7-2/h8-11,14-17,20-23,26-29,32-34,36-37,39-40,46,51,53,57,59,63,65,78H,6-7,12-13,18-19,24-25,30-31,35,38,41-45,47-50,52,54-56,58,60-62,64,66-77H2,1-5H3/p+1/b10-8-,11-9-,16-14-,17-15-,22-20-,23-21-,28-26-,29-27-,34-32-,37-36-,40-39-,46-33-,53-51-,59-57-,65-63-. The molecule has 0 fully saturated rings. The lowest BCUT2D eigenvalue weighted by molar-refractivity contribution is -0.870. The fourth-order valence-corrected chi connectivity index (χ4v) is 9.81. The van der Waals surface area contributed by atoms with Crippen LogP contribution < -0.4 is 0 Å². The molecule has 0 heterocycles. The maximum absolute atomic E-state index is 12.9. The van der Waals surface area contributed by atoms with Gasteiger partial charge in [-0.15, -0.1) is 0 Å². The Morgan fingerprint density at radius 3 is 0.911 bits per heavy atom. The van der Waals surface area contributed by atoms with Crippen LogP contribution in [-0.4, -0.2) is 74.9 Å². The Bertz CT molecular complexity index is 2170. The quantitative estimate of drug-likeness (QED) is 0.0211. The monoisotopic (exact) mass is 1260 g/mol. The summed E-state index contributed by atoms with van der Waals surface area (Å²) in [7, 11) is 1.43. The van der Waals surface area contributed by atoms with Crippen molar-refractivity contribution in [3.63, 3.8) is 0 Å². The number of quaternary nitrogens is 1. The van der Waals surface area contributed by atoms with Gasteiger partial charge >= 0.3 is 19.8 Å². The highest BCUT2D eigenvalue weighted by molar-refractivity contribution is 7.47. The number of phosphoric acid groups is 1. The molecule has 2 atom stereocenters. The van der Waals surface area contributed by atoms with Crippen molar-refractivity contribution in [1.29, 1.82) is 0 Å². The van der Waals surface area contributed by atoms with Gasteiger partial charge in [-0.1, -0.05) is 292 Å². The van der Waals surface area contributed by atoms with Crippen LogP contribution in [0.15, 0.2) is 182 Å². The van der Waals surface area contributed by atoms with Gasteiger partial charge in [-0.05, 0) is 135 Å². The summed E-state index contributed by atoms with van der Waals surface area (Å²) in [6.07, 6.45) is 106. The summed E-state index contributed by atoms with van der Waals surface area (Å²) in [5.41, 5.74) is 0. The van der Waals surface area contributed by atoms with Gasteiger partial charge in [0.2, 0.25) is 0 Å². The molecule has 0 amide bonds. The number of hydrogen-bond acceptors (Lipinski definition) is 7. The normalized spacial score (nSPS) is 14.2. The van der Waals surface area contributed by atoms with Crippen molar-refractivity contribution in [2.24, 2.45) is 0 Å². The number of rotatable bonds is 63. The highest BCUT2D eigenvalue weighted by Gasteiger charge is 2.27. The number of allylic oxidation sites excluding steroid dienone is 30. The van der Waals surface area contributed by atoms with E-state index in [4.69, 9.17) is 18.5 Å². The Labute approximate surface area is 552 Å². The van der Waals surface area contributed by atoms with Crippen molar-refractivity contribution in [2.75, 3.05) is 47.5 Å². The lowest BCUT2D eigenvalue weighted by Gasteiger charge is -2.24. The molecule has 508 valence electrons. The second-order valence-electron chi connectivity index (χ2n) is 24.2. The summed E-state index contributed by atoms with van der Waals surface area (Å²) < 4.78 is 34.6. The lowest BCUT2D eigenvalue weighted by Crippen LogP contribution is -2.37. The molecule has 0 bridgehead atoms. The van der Waals surface area contributed by atoms with E-state index in [0.717, 1.165) is 128 Å². The average Bonchev–Trinajstić information content (AvgIpc) is 3.61. The highest BCUT2D eigenvalue weighted by Crippen LogP contribution is 2.43. The van der Waals surface area contributed by atoms with Crippen molar-refractivity contribution in [1.82, 2.24) is 0 Å². The highest BCUT2D eigenvalue weighted by atomic mass is 31.2. The SMILES string of the molecule is CC/C=C\C/C=C\C/C=C\C/C=C\C/C=C\C/C=C\C/C=C\C/C=C\CCCCC(=O)OC(COC(=O)CCCCCCCCCCCCCCCCCCC/C=C\C/C=C\C/C=C\C/C=C\C/C=C\C/C=C\C/C=C\CC)COP(=O)(O)OCC[N+](C)(C)C. The second-order valence-corrected chi connectivity index (χ2v) is 25.6. The molecule has 0 aromatic heterocycles. The van der Waals surface area contributed by atoms with Crippen molar-refractivity contribution < 1.29 is 42.1 Å². The van der Waals surface area contributed by atoms with E-state index in [-0.39, 0.29) is 32.0 Å². The predicted molar refractivity (Wildman–Crippen MR) is 389 cm³/mol. The van der Waals surface area contributed by atoms with Gasteiger partial charge in [-0.2, -0.15) is 0 Å². The molecule has 0 aliphatic heterocycles. The maximum atomic E-state index is 12.9. The molecule has 0 saturated carbocycles. The number of phosphoric ester groups is 1. The first-order valence-corrected chi connectivity index (χ1v) is 37.0. The number of nitrogens with zero attached hydrogens (tertiary/aromatic N) is 1. The number of ether oxygens (including phenoxy) is 2. The summed E-state index contributed by atoms with van der Waals surface area (Å²) in [5.74, 6) is -0.856. The van der Waals surface area contributed by atoms with Crippen LogP contribution in [0.4, 0.5) is 0 Å². The molecule has 2 unspecified atom stereocenters. The van der Waals surface area contributed by atoms with E-state index in [9.17, 15) is 19.0 Å². The zero-order valence-electron chi connectivity index (χ0n) is 57.8. The number of hydrogen-bond donors (Lipinski definition) is 1. The van der Waals surface area contributed by atoms with Gasteiger partial charge in [0, 0.05) is 12.8 Å². The Kier molecular flexibility index (Phi) is 64.8. The zero-order valence-corrected chi connectivity index (χ0v) is 58.7. The van der Waals surface area contributed by atoms with Crippen LogP contribution in [0.3, 0.4) is 0 Å². The lowest BCUT2D eigenvalue weighted by atomic mass is 10.0. The molecule has 0 spiro atoms. The minimum Gasteiger partial charge on any atom is -0.462 e. The third-order valence-corrected chi connectivity index (χ3v) is 15.4. The molecule has 9 nitrogen and oxygen atoms in total. The molecule has 10 heteroatoms. The van der Waals surface area contributed by atoms with Crippen LogP contribution in [-0.2, 0) is 32.7 Å². The number of unbranched alkanes of at least 4 members (excludes halogenated alkanes) is 19. The summed E-state index contributed by atoms with van der Waals surface area (Å²) in [5, 5.41) is 0. The summed E-state index contributed by atoms with van der Waals surface area (Å²) >= 11 is 0. The third-order valence-electron chi connectivity index (χ3n) is 14.4. The minimum absolute atomic E-state index is 0.0143. The molecule has 0 aromatic carbocycles. The summed E-state index contributed by atoms with van der Waals surface area (Å²) in [4.78, 5) is 35.9. The van der Waals surface area contributed by atoms with Crippen LogP contribution >= 0.6 is 7.82 Å². The summed E-state index contributed by atoms with van der Waals surface area (Å²) in [6, 6.07) is 0. The average molecular weight is 1270 g/mol. The van der Waals surface area contributed by atoms with E-state index in [1.165, 1.54) is 96.3 Å². The van der Waals surface area contributed by atoms with Crippen LogP contribution in [0, 0.1) is 0 Å². The Morgan fingerprint density at radius 2 is 0.600 bits per heavy atom. The first-order valence-electron chi connectivity index (χ1n) is 35.5. The van der Waals surface area contributed by atoms with Gasteiger partial charge < -0.3 is 18.9 Å². The van der Waals surface area contributed by atoms with Gasteiger partial charge in [-0.25, -0.2) is 4.57 Å². The fourth-order valence-electron chi connectivity index (χ4n) is 9.07. The van der Waals surface area contributed by atoms with E-state index in [0.29, 0.717) is 17.4 Å². The number of carbonyl (C=O) groups excluding carboxylic acids is 2. The van der Waals surface area contributed by atoms with Crippen molar-refractivity contribution in [3.05, 3.63) is 182 Å². The van der Waals surface area contributed by atoms with Gasteiger partial charge in [0.1, 0.15) is 19.8 Å². The number of esters is 2. The smallest absolute Gasteiger partial charge is 0.462 e. The first-order chi connectivity index (χ1) is 44.0. The molecule has 0 aliphatic rings. The Morgan fingerprint density at radius 1 is 0.344 bits per heavy atom. The van der Waals surface area contributed by atoms with Crippen LogP contribution in [0.2, 0.25) is 0 Å². The minimum atomic E-state index is -4.42. The van der Waals surface area contributed by atoms with Gasteiger partial charge in [0.25, 0.3) is 0 Å². The second kappa shape index (κ2) is 68.5. The molecule has 1 N–H and O–H groups in total. The largest absolute Gasteiger partial charge is 0.472 e. The van der Waals surface area contributed by atoms with Crippen LogP contribution in [0.25, 0.3) is 0 Å². The summed E-state index contributed by atoms with van der Waals surface area (Å²) in [6.45, 7) is 4.14. The predicted octanol–water partition coefficient (Wildman–Crippen LogP) is 23.5. The van der Waals surface area contributed by atoms with Gasteiger partial charge in [-0.3, -0.25) is 18.6 Å². The Balaban J connectivity index is 4.11. The number of carbonyl (C=O) groups is 2. The van der Waals surface area contributed by atoms with Gasteiger partial charge in [0.05, 0.1) is 27.7 Å². The third kappa shape index (κ3) is 72.2. The topological polar surface area (TPSA) is 108 Å². The Hall–Kier alpha value is -4.89. The zero-order chi connectivity index (χ0) is 65.5. The van der Waals surface area contributed by atoms with E-state index < -0.39 is 26.5 Å². The van der Waals surface area contributed by atoms with Crippen LogP contribution in [0.5, 0.6) is 0 Å². The molecular formula is C80H131NO8P+. The van der Waals surface area contributed by atoms with E-state index in [1.807, 2.05) is 21.1 Å². The molecule has 0 radical (unpaired) electrons. The maximum Gasteiger partial charge on any atom is 0.472 e. The molecular weight excluding hydrogens is 1130 g/mol. The first kappa shape index (κ1) is 85.1. The van der Waals surface area contributed by atoms with Crippen molar-refractivity contribution in [2.45, 2.75) is 264 Å². The number of likely N-dealkylation sites (N-methyl/N-ethyl adjacent to an activating group) is 1. The van der Waals surface area contributed by atoms with Crippen molar-refractivity contribution in [3.8, 4) is 0 Å². The van der Waals surface area contributed by atoms with Crippen molar-refractivity contribution >= 4 is 19.8 Å². The van der Waals surface area contributed by atoms with E-state index in [1.54, 1.807) is 0 Å². The molecule has 0 saturated heterocycles. The van der Waals surface area contributed by atoms with Crippen LogP contribution in [0.1, 0.15) is 258 Å². The van der Waals surface area contributed by atoms with E-state index >= 15 is 0 Å². The fraction of sp³-hybridized carbons (Fsp3) is 0.600. The molecule has 0 aromatic rings. The molecule has 0 rings (SSSR count). The van der Waals surface area contributed by atoms with E-state index in [2.05, 4.69) is 196 Å². The molecule has 0 aliphatic carbocycles.